The minimum Gasteiger partial charge on any atom is -0.348 e. The number of hydrogen-bond donors (Lipinski definition) is 2. The number of carbonyl (C=O) groups is 1. The Morgan fingerprint density at radius 3 is 2.25 bits per heavy atom. The molecule has 0 radical (unpaired) electrons. The molecule has 0 unspecified atom stereocenters. The normalized spacial score (nSPS) is 21.5. The maximum Gasteiger partial charge on any atom is 0.275 e. The topological polar surface area (TPSA) is 83.1 Å². The lowest BCUT2D eigenvalue weighted by molar-refractivity contribution is -0.682. The molecular weight excluding hydrogens is 374 g/mol. The van der Waals surface area contributed by atoms with E-state index in [0.29, 0.717) is 30.6 Å². The second-order valence-electron chi connectivity index (χ2n) is 7.91. The highest BCUT2D eigenvalue weighted by Crippen LogP contribution is 2.23. The average molecular weight is 411 g/mol. The van der Waals surface area contributed by atoms with Crippen molar-refractivity contribution >= 4 is 15.9 Å². The number of nitrogens with two attached hydrogens (primary N) is 1. The summed E-state index contributed by atoms with van der Waals surface area (Å²) in [5.74, 6) is 0.848. The fourth-order valence-electron chi connectivity index (χ4n) is 3.77. The van der Waals surface area contributed by atoms with E-state index in [-0.39, 0.29) is 11.9 Å². The van der Waals surface area contributed by atoms with Crippen molar-refractivity contribution < 1.29 is 18.5 Å². The standard InChI is InChI=1S/C21H35N3O3S/c1-5-24(6-2)28(26,27)20-13-9-18(10-14-20)17(4)22-15-21(25)23-19-11-7-16(3)8-12-19/h9-10,13-14,16-17,19,22H,5-8,11-12,15H2,1-4H3,(H,23,25)/p+1/t16?,17-,19?/m1/s1. The van der Waals surface area contributed by atoms with Crippen LogP contribution in [-0.2, 0) is 14.8 Å². The molecule has 1 fully saturated rings. The molecule has 158 valence electrons. The molecule has 1 aliphatic rings. The number of nitrogens with one attached hydrogen (secondary N) is 1. The highest BCUT2D eigenvalue weighted by Gasteiger charge is 2.23. The molecule has 1 aromatic carbocycles. The van der Waals surface area contributed by atoms with E-state index in [4.69, 9.17) is 0 Å². The lowest BCUT2D eigenvalue weighted by Gasteiger charge is -2.26. The SMILES string of the molecule is CCN(CC)S(=O)(=O)c1ccc([C@@H](C)[NH2+]CC(=O)NC2CCC(C)CC2)cc1. The summed E-state index contributed by atoms with van der Waals surface area (Å²) in [6, 6.07) is 7.42. The van der Waals surface area contributed by atoms with Gasteiger partial charge in [0.1, 0.15) is 6.04 Å². The lowest BCUT2D eigenvalue weighted by atomic mass is 9.87. The zero-order chi connectivity index (χ0) is 20.7. The van der Waals surface area contributed by atoms with Crippen LogP contribution in [0.25, 0.3) is 0 Å². The maximum absolute atomic E-state index is 12.6. The number of rotatable bonds is 9. The molecule has 0 heterocycles. The second-order valence-corrected chi connectivity index (χ2v) is 9.85. The van der Waals surface area contributed by atoms with Gasteiger partial charge >= 0.3 is 0 Å². The Morgan fingerprint density at radius 2 is 1.71 bits per heavy atom. The largest absolute Gasteiger partial charge is 0.348 e. The molecule has 1 aromatic rings. The zero-order valence-corrected chi connectivity index (χ0v) is 18.5. The minimum absolute atomic E-state index is 0.0761. The smallest absolute Gasteiger partial charge is 0.275 e. The molecule has 0 aromatic heterocycles. The van der Waals surface area contributed by atoms with Gasteiger partial charge in [-0.05, 0) is 50.7 Å². The van der Waals surface area contributed by atoms with E-state index < -0.39 is 10.0 Å². The lowest BCUT2D eigenvalue weighted by Crippen LogP contribution is -2.87. The van der Waals surface area contributed by atoms with Crippen LogP contribution >= 0.6 is 0 Å². The van der Waals surface area contributed by atoms with E-state index in [1.54, 1.807) is 12.1 Å². The van der Waals surface area contributed by atoms with Gasteiger partial charge in [-0.1, -0.05) is 32.9 Å². The molecule has 3 N–H and O–H groups in total. The Morgan fingerprint density at radius 1 is 1.14 bits per heavy atom. The van der Waals surface area contributed by atoms with Crippen LogP contribution in [-0.4, -0.2) is 44.3 Å². The second kappa shape index (κ2) is 10.4. The predicted octanol–water partition coefficient (Wildman–Crippen LogP) is 2.04. The molecule has 0 saturated heterocycles. The van der Waals surface area contributed by atoms with Gasteiger partial charge in [-0.2, -0.15) is 4.31 Å². The fourth-order valence-corrected chi connectivity index (χ4v) is 5.22. The number of nitrogens with zero attached hydrogens (tertiary/aromatic N) is 1. The summed E-state index contributed by atoms with van der Waals surface area (Å²) >= 11 is 0. The van der Waals surface area contributed by atoms with Gasteiger partial charge in [-0.3, -0.25) is 4.79 Å². The molecule has 28 heavy (non-hydrogen) atoms. The summed E-state index contributed by atoms with van der Waals surface area (Å²) in [7, 11) is -3.43. The summed E-state index contributed by atoms with van der Waals surface area (Å²) < 4.78 is 26.6. The first-order chi connectivity index (χ1) is 13.3. The van der Waals surface area contributed by atoms with Gasteiger partial charge in [0, 0.05) is 24.7 Å². The van der Waals surface area contributed by atoms with Crippen molar-refractivity contribution in [2.75, 3.05) is 19.6 Å². The molecule has 1 saturated carbocycles. The van der Waals surface area contributed by atoms with Gasteiger partial charge in [0.15, 0.2) is 6.54 Å². The van der Waals surface area contributed by atoms with E-state index in [1.165, 1.54) is 17.1 Å². The van der Waals surface area contributed by atoms with E-state index in [2.05, 4.69) is 12.2 Å². The summed E-state index contributed by atoms with van der Waals surface area (Å²) in [5.41, 5.74) is 1.01. The van der Waals surface area contributed by atoms with Crippen molar-refractivity contribution in [3.05, 3.63) is 29.8 Å². The minimum atomic E-state index is -3.43. The van der Waals surface area contributed by atoms with E-state index in [0.717, 1.165) is 24.3 Å². The van der Waals surface area contributed by atoms with Crippen molar-refractivity contribution in [3.63, 3.8) is 0 Å². The van der Waals surface area contributed by atoms with Gasteiger partial charge in [0.2, 0.25) is 10.0 Å². The van der Waals surface area contributed by atoms with Crippen molar-refractivity contribution in [1.82, 2.24) is 9.62 Å². The van der Waals surface area contributed by atoms with Crippen LogP contribution in [0.2, 0.25) is 0 Å². The first-order valence-corrected chi connectivity index (χ1v) is 11.9. The molecular formula is C21H36N3O3S+. The Labute approximate surface area is 170 Å². The first-order valence-electron chi connectivity index (χ1n) is 10.5. The van der Waals surface area contributed by atoms with Gasteiger partial charge in [0.05, 0.1) is 4.90 Å². The maximum atomic E-state index is 12.6. The van der Waals surface area contributed by atoms with Crippen molar-refractivity contribution in [2.45, 2.75) is 70.4 Å². The average Bonchev–Trinajstić information content (AvgIpc) is 2.68. The van der Waals surface area contributed by atoms with Gasteiger partial charge < -0.3 is 10.6 Å². The summed E-state index contributed by atoms with van der Waals surface area (Å²) in [4.78, 5) is 12.5. The molecule has 0 aliphatic heterocycles. The van der Waals surface area contributed by atoms with Crippen LogP contribution in [0.15, 0.2) is 29.2 Å². The zero-order valence-electron chi connectivity index (χ0n) is 17.6. The van der Waals surface area contributed by atoms with Crippen LogP contribution in [0.4, 0.5) is 0 Å². The van der Waals surface area contributed by atoms with E-state index in [1.807, 2.05) is 38.2 Å². The number of amides is 1. The predicted molar refractivity (Wildman–Crippen MR) is 111 cm³/mol. The van der Waals surface area contributed by atoms with E-state index in [9.17, 15) is 13.2 Å². The van der Waals surface area contributed by atoms with Crippen LogP contribution < -0.4 is 10.6 Å². The summed E-state index contributed by atoms with van der Waals surface area (Å²) in [6.07, 6.45) is 4.53. The van der Waals surface area contributed by atoms with Crippen LogP contribution in [0, 0.1) is 5.92 Å². The number of carbonyl (C=O) groups excluding carboxylic acids is 1. The van der Waals surface area contributed by atoms with Crippen molar-refractivity contribution in [2.24, 2.45) is 5.92 Å². The highest BCUT2D eigenvalue weighted by atomic mass is 32.2. The third-order valence-corrected chi connectivity index (χ3v) is 7.85. The molecule has 1 atom stereocenters. The molecule has 6 nitrogen and oxygen atoms in total. The Kier molecular flexibility index (Phi) is 8.46. The van der Waals surface area contributed by atoms with Crippen LogP contribution in [0.5, 0.6) is 0 Å². The monoisotopic (exact) mass is 410 g/mol. The van der Waals surface area contributed by atoms with Gasteiger partial charge in [-0.25, -0.2) is 8.42 Å². The third-order valence-electron chi connectivity index (χ3n) is 5.79. The number of hydrogen-bond acceptors (Lipinski definition) is 3. The van der Waals surface area contributed by atoms with Gasteiger partial charge in [0.25, 0.3) is 5.91 Å². The fraction of sp³-hybridized carbons (Fsp3) is 0.667. The number of sulfonamides is 1. The highest BCUT2D eigenvalue weighted by molar-refractivity contribution is 7.89. The third kappa shape index (κ3) is 6.03. The van der Waals surface area contributed by atoms with Crippen molar-refractivity contribution in [3.8, 4) is 0 Å². The molecule has 2 rings (SSSR count). The molecule has 7 heteroatoms. The summed E-state index contributed by atoms with van der Waals surface area (Å²) in [6.45, 7) is 9.28. The van der Waals surface area contributed by atoms with E-state index >= 15 is 0 Å². The van der Waals surface area contributed by atoms with Gasteiger partial charge in [-0.15, -0.1) is 0 Å². The number of benzene rings is 1. The Balaban J connectivity index is 1.87. The molecule has 0 spiro atoms. The molecule has 0 bridgehead atoms. The number of quaternary nitrogens is 1. The Bertz CT molecular complexity index is 722. The van der Waals surface area contributed by atoms with Crippen LogP contribution in [0.1, 0.15) is 65.0 Å². The first kappa shape index (κ1) is 22.8. The summed E-state index contributed by atoms with van der Waals surface area (Å²) in [5, 5.41) is 5.14. The molecule has 1 aliphatic carbocycles. The van der Waals surface area contributed by atoms with Crippen molar-refractivity contribution in [1.29, 1.82) is 0 Å². The quantitative estimate of drug-likeness (QED) is 0.653. The Hall–Kier alpha value is -1.44. The molecule has 1 amide bonds. The van der Waals surface area contributed by atoms with Crippen LogP contribution in [0.3, 0.4) is 0 Å².